The molecule has 0 aliphatic heterocycles. The number of aromatic nitrogens is 2. The van der Waals surface area contributed by atoms with E-state index in [1.807, 2.05) is 10.7 Å². The summed E-state index contributed by atoms with van der Waals surface area (Å²) in [6.07, 6.45) is 1.73. The van der Waals surface area contributed by atoms with Crippen LogP contribution >= 0.6 is 11.6 Å². The standard InChI is InChI=1S/C18H16ClFN2O/c1-11(2)10-22-17-6-3-12(7-13(17)9-21-22)18(23)15-5-4-14(19)8-16(15)20/h3-9,11H,10H2,1-2H3. The maximum absolute atomic E-state index is 13.9. The van der Waals surface area contributed by atoms with Gasteiger partial charge >= 0.3 is 0 Å². The average Bonchev–Trinajstić information content (AvgIpc) is 2.88. The van der Waals surface area contributed by atoms with Gasteiger partial charge < -0.3 is 0 Å². The van der Waals surface area contributed by atoms with Crippen LogP contribution in [-0.2, 0) is 6.54 Å². The molecular formula is C18H16ClFN2O. The molecule has 0 fully saturated rings. The number of fused-ring (bicyclic) bond motifs is 1. The molecule has 3 nitrogen and oxygen atoms in total. The van der Waals surface area contributed by atoms with E-state index < -0.39 is 5.82 Å². The van der Waals surface area contributed by atoms with Crippen LogP contribution in [0.1, 0.15) is 29.8 Å². The van der Waals surface area contributed by atoms with Crippen LogP contribution in [0.25, 0.3) is 10.9 Å². The number of halogens is 2. The molecule has 0 N–H and O–H groups in total. The lowest BCUT2D eigenvalue weighted by Crippen LogP contribution is -2.06. The number of hydrogen-bond donors (Lipinski definition) is 0. The molecule has 0 unspecified atom stereocenters. The lowest BCUT2D eigenvalue weighted by atomic mass is 10.0. The van der Waals surface area contributed by atoms with Crippen LogP contribution in [0.2, 0.25) is 5.02 Å². The van der Waals surface area contributed by atoms with Crippen molar-refractivity contribution >= 4 is 28.3 Å². The number of benzene rings is 2. The predicted octanol–water partition coefficient (Wildman–Crippen LogP) is 4.72. The topological polar surface area (TPSA) is 34.9 Å². The highest BCUT2D eigenvalue weighted by Crippen LogP contribution is 2.22. The van der Waals surface area contributed by atoms with Gasteiger partial charge in [-0.05, 0) is 42.3 Å². The van der Waals surface area contributed by atoms with Gasteiger partial charge in [-0.25, -0.2) is 4.39 Å². The van der Waals surface area contributed by atoms with Crippen molar-refractivity contribution in [2.24, 2.45) is 5.92 Å². The van der Waals surface area contributed by atoms with Crippen LogP contribution in [0.4, 0.5) is 4.39 Å². The van der Waals surface area contributed by atoms with Crippen LogP contribution in [-0.4, -0.2) is 15.6 Å². The highest BCUT2D eigenvalue weighted by molar-refractivity contribution is 6.30. The van der Waals surface area contributed by atoms with Crippen molar-refractivity contribution in [2.75, 3.05) is 0 Å². The molecule has 3 rings (SSSR count). The Balaban J connectivity index is 1.98. The van der Waals surface area contributed by atoms with E-state index in [1.165, 1.54) is 12.1 Å². The fraction of sp³-hybridized carbons (Fsp3) is 0.222. The number of carbonyl (C=O) groups is 1. The summed E-state index contributed by atoms with van der Waals surface area (Å²) < 4.78 is 15.8. The van der Waals surface area contributed by atoms with E-state index in [4.69, 9.17) is 11.6 Å². The molecule has 1 heterocycles. The molecular weight excluding hydrogens is 315 g/mol. The molecule has 23 heavy (non-hydrogen) atoms. The molecule has 5 heteroatoms. The van der Waals surface area contributed by atoms with Crippen molar-refractivity contribution in [2.45, 2.75) is 20.4 Å². The quantitative estimate of drug-likeness (QED) is 0.649. The third kappa shape index (κ3) is 3.13. The Labute approximate surface area is 138 Å². The summed E-state index contributed by atoms with van der Waals surface area (Å²) in [7, 11) is 0. The molecule has 0 aliphatic carbocycles. The molecule has 3 aromatic rings. The first-order chi connectivity index (χ1) is 11.0. The van der Waals surface area contributed by atoms with Gasteiger partial charge in [0.1, 0.15) is 5.82 Å². The van der Waals surface area contributed by atoms with E-state index in [2.05, 4.69) is 18.9 Å². The first-order valence-electron chi connectivity index (χ1n) is 7.41. The van der Waals surface area contributed by atoms with Gasteiger partial charge in [0.25, 0.3) is 0 Å². The molecule has 0 bridgehead atoms. The smallest absolute Gasteiger partial charge is 0.195 e. The SMILES string of the molecule is CC(C)Cn1ncc2cc(C(=O)c3ccc(Cl)cc3F)ccc21. The van der Waals surface area contributed by atoms with Gasteiger partial charge in [0.05, 0.1) is 17.3 Å². The summed E-state index contributed by atoms with van der Waals surface area (Å²) >= 11 is 5.73. The molecule has 1 aromatic heterocycles. The van der Waals surface area contributed by atoms with E-state index in [-0.39, 0.29) is 16.4 Å². The summed E-state index contributed by atoms with van der Waals surface area (Å²) in [6, 6.07) is 9.37. The molecule has 0 atom stereocenters. The Morgan fingerprint density at radius 3 is 2.74 bits per heavy atom. The second-order valence-corrected chi connectivity index (χ2v) is 6.38. The largest absolute Gasteiger partial charge is 0.288 e. The first kappa shape index (κ1) is 15.7. The van der Waals surface area contributed by atoms with Crippen LogP contribution in [0.15, 0.2) is 42.6 Å². The highest BCUT2D eigenvalue weighted by Gasteiger charge is 2.15. The van der Waals surface area contributed by atoms with Gasteiger partial charge in [-0.3, -0.25) is 9.48 Å². The number of ketones is 1. The van der Waals surface area contributed by atoms with E-state index in [1.54, 1.807) is 18.3 Å². The summed E-state index contributed by atoms with van der Waals surface area (Å²) in [5.41, 5.74) is 1.41. The minimum absolute atomic E-state index is 0.0170. The van der Waals surface area contributed by atoms with Crippen molar-refractivity contribution < 1.29 is 9.18 Å². The molecule has 118 valence electrons. The second kappa shape index (κ2) is 6.13. The Kier molecular flexibility index (Phi) is 4.18. The van der Waals surface area contributed by atoms with E-state index in [9.17, 15) is 9.18 Å². The van der Waals surface area contributed by atoms with Crippen LogP contribution in [0.5, 0.6) is 0 Å². The Morgan fingerprint density at radius 1 is 1.26 bits per heavy atom. The van der Waals surface area contributed by atoms with E-state index in [0.29, 0.717) is 11.5 Å². The summed E-state index contributed by atoms with van der Waals surface area (Å²) in [5, 5.41) is 5.49. The zero-order chi connectivity index (χ0) is 16.6. The van der Waals surface area contributed by atoms with Gasteiger partial charge in [-0.15, -0.1) is 0 Å². The maximum atomic E-state index is 13.9. The Morgan fingerprint density at radius 2 is 2.04 bits per heavy atom. The number of carbonyl (C=O) groups excluding carboxylic acids is 1. The number of hydrogen-bond acceptors (Lipinski definition) is 2. The van der Waals surface area contributed by atoms with E-state index in [0.717, 1.165) is 23.5 Å². The maximum Gasteiger partial charge on any atom is 0.195 e. The average molecular weight is 331 g/mol. The zero-order valence-corrected chi connectivity index (χ0v) is 13.6. The first-order valence-corrected chi connectivity index (χ1v) is 7.79. The fourth-order valence-electron chi connectivity index (χ4n) is 2.55. The molecule has 0 radical (unpaired) electrons. The number of nitrogens with zero attached hydrogens (tertiary/aromatic N) is 2. The van der Waals surface area contributed by atoms with E-state index >= 15 is 0 Å². The van der Waals surface area contributed by atoms with Gasteiger partial charge in [0.2, 0.25) is 0 Å². The minimum Gasteiger partial charge on any atom is -0.288 e. The monoisotopic (exact) mass is 330 g/mol. The molecule has 2 aromatic carbocycles. The van der Waals surface area contributed by atoms with Gasteiger partial charge in [0.15, 0.2) is 5.78 Å². The minimum atomic E-state index is -0.613. The molecule has 0 saturated heterocycles. The molecule has 0 amide bonds. The lowest BCUT2D eigenvalue weighted by Gasteiger charge is -2.07. The van der Waals surface area contributed by atoms with Gasteiger partial charge in [-0.2, -0.15) is 5.10 Å². The van der Waals surface area contributed by atoms with Crippen LogP contribution in [0, 0.1) is 11.7 Å². The summed E-state index contributed by atoms with van der Waals surface area (Å²) in [6.45, 7) is 5.05. The third-order valence-electron chi connectivity index (χ3n) is 3.62. The zero-order valence-electron chi connectivity index (χ0n) is 12.9. The summed E-state index contributed by atoms with van der Waals surface area (Å²) in [4.78, 5) is 12.5. The predicted molar refractivity (Wildman–Crippen MR) is 89.4 cm³/mol. The molecule has 0 saturated carbocycles. The van der Waals surface area contributed by atoms with Gasteiger partial charge in [0, 0.05) is 22.5 Å². The Hall–Kier alpha value is -2.20. The number of rotatable bonds is 4. The molecule has 0 spiro atoms. The highest BCUT2D eigenvalue weighted by atomic mass is 35.5. The van der Waals surface area contributed by atoms with Gasteiger partial charge in [-0.1, -0.05) is 25.4 Å². The van der Waals surface area contributed by atoms with Crippen molar-refractivity contribution in [1.29, 1.82) is 0 Å². The van der Waals surface area contributed by atoms with Crippen molar-refractivity contribution in [3.8, 4) is 0 Å². The molecule has 0 aliphatic rings. The van der Waals surface area contributed by atoms with Crippen LogP contribution < -0.4 is 0 Å². The van der Waals surface area contributed by atoms with Crippen molar-refractivity contribution in [1.82, 2.24) is 9.78 Å². The lowest BCUT2D eigenvalue weighted by molar-refractivity contribution is 0.103. The third-order valence-corrected chi connectivity index (χ3v) is 3.85. The second-order valence-electron chi connectivity index (χ2n) is 5.95. The van der Waals surface area contributed by atoms with Crippen molar-refractivity contribution in [3.63, 3.8) is 0 Å². The van der Waals surface area contributed by atoms with Crippen LogP contribution in [0.3, 0.4) is 0 Å². The summed E-state index contributed by atoms with van der Waals surface area (Å²) in [5.74, 6) is -0.502. The van der Waals surface area contributed by atoms with Crippen molar-refractivity contribution in [3.05, 3.63) is 64.6 Å². The Bertz CT molecular complexity index is 886. The normalized spacial score (nSPS) is 11.3. The fourth-order valence-corrected chi connectivity index (χ4v) is 2.71.